The minimum atomic E-state index is -0.145. The first-order valence-corrected chi connectivity index (χ1v) is 8.72. The highest BCUT2D eigenvalue weighted by molar-refractivity contribution is 7.12. The van der Waals surface area contributed by atoms with Crippen molar-refractivity contribution in [2.24, 2.45) is 5.92 Å². The molecule has 2 heterocycles. The van der Waals surface area contributed by atoms with Gasteiger partial charge in [0.2, 0.25) is 5.91 Å². The minimum Gasteiger partial charge on any atom is -0.337 e. The van der Waals surface area contributed by atoms with E-state index in [1.807, 2.05) is 48.7 Å². The highest BCUT2D eigenvalue weighted by Gasteiger charge is 2.29. The SMILES string of the molecule is Cc1cccc(NC(=O)[C@@H]2CCCN(C(=O)c3cccs3)C2)c1. The molecule has 0 radical (unpaired) electrons. The Morgan fingerprint density at radius 1 is 1.26 bits per heavy atom. The van der Waals surface area contributed by atoms with Crippen molar-refractivity contribution < 1.29 is 9.59 Å². The lowest BCUT2D eigenvalue weighted by Crippen LogP contribution is -2.43. The van der Waals surface area contributed by atoms with E-state index in [4.69, 9.17) is 0 Å². The van der Waals surface area contributed by atoms with Crippen LogP contribution in [0.5, 0.6) is 0 Å². The molecular weight excluding hydrogens is 308 g/mol. The first-order chi connectivity index (χ1) is 11.1. The average molecular weight is 328 g/mol. The molecule has 1 saturated heterocycles. The van der Waals surface area contributed by atoms with Crippen LogP contribution in [0.15, 0.2) is 41.8 Å². The summed E-state index contributed by atoms with van der Waals surface area (Å²) in [4.78, 5) is 27.5. The van der Waals surface area contributed by atoms with Gasteiger partial charge in [-0.25, -0.2) is 0 Å². The first kappa shape index (κ1) is 15.7. The summed E-state index contributed by atoms with van der Waals surface area (Å²) in [6.45, 7) is 3.22. The van der Waals surface area contributed by atoms with Crippen molar-refractivity contribution in [3.8, 4) is 0 Å². The van der Waals surface area contributed by atoms with Gasteiger partial charge in [0, 0.05) is 18.8 Å². The number of hydrogen-bond acceptors (Lipinski definition) is 3. The number of thiophene rings is 1. The van der Waals surface area contributed by atoms with Crippen LogP contribution in [-0.4, -0.2) is 29.8 Å². The van der Waals surface area contributed by atoms with Gasteiger partial charge in [0.05, 0.1) is 10.8 Å². The van der Waals surface area contributed by atoms with Gasteiger partial charge < -0.3 is 10.2 Å². The van der Waals surface area contributed by atoms with Gasteiger partial charge in [-0.15, -0.1) is 11.3 Å². The topological polar surface area (TPSA) is 49.4 Å². The van der Waals surface area contributed by atoms with Crippen molar-refractivity contribution in [1.82, 2.24) is 4.90 Å². The molecule has 0 unspecified atom stereocenters. The Morgan fingerprint density at radius 3 is 2.87 bits per heavy atom. The van der Waals surface area contributed by atoms with Gasteiger partial charge in [-0.1, -0.05) is 18.2 Å². The Hall–Kier alpha value is -2.14. The number of rotatable bonds is 3. The van der Waals surface area contributed by atoms with E-state index >= 15 is 0 Å². The Labute approximate surface area is 140 Å². The number of amides is 2. The normalized spacial score (nSPS) is 17.8. The van der Waals surface area contributed by atoms with E-state index < -0.39 is 0 Å². The Bertz CT molecular complexity index is 697. The molecule has 0 spiro atoms. The fourth-order valence-electron chi connectivity index (χ4n) is 2.90. The summed E-state index contributed by atoms with van der Waals surface area (Å²) in [6.07, 6.45) is 1.69. The van der Waals surface area contributed by atoms with Crippen LogP contribution in [-0.2, 0) is 4.79 Å². The number of anilines is 1. The summed E-state index contributed by atoms with van der Waals surface area (Å²) >= 11 is 1.45. The molecule has 120 valence electrons. The largest absolute Gasteiger partial charge is 0.337 e. The second-order valence-corrected chi connectivity index (χ2v) is 6.87. The zero-order valence-electron chi connectivity index (χ0n) is 13.1. The molecule has 0 aliphatic carbocycles. The zero-order chi connectivity index (χ0) is 16.2. The molecule has 5 heteroatoms. The van der Waals surface area contributed by atoms with E-state index in [-0.39, 0.29) is 17.7 Å². The summed E-state index contributed by atoms with van der Waals surface area (Å²) in [7, 11) is 0. The predicted octanol–water partition coefficient (Wildman–Crippen LogP) is 3.55. The molecule has 3 rings (SSSR count). The van der Waals surface area contributed by atoms with Crippen molar-refractivity contribution in [2.45, 2.75) is 19.8 Å². The van der Waals surface area contributed by atoms with Gasteiger partial charge in [0.25, 0.3) is 5.91 Å². The van der Waals surface area contributed by atoms with Gasteiger partial charge in [-0.05, 0) is 48.9 Å². The van der Waals surface area contributed by atoms with E-state index in [1.54, 1.807) is 4.90 Å². The van der Waals surface area contributed by atoms with Crippen LogP contribution in [0.3, 0.4) is 0 Å². The molecule has 1 fully saturated rings. The molecule has 0 saturated carbocycles. The molecule has 1 aromatic carbocycles. The maximum absolute atomic E-state index is 12.5. The molecule has 4 nitrogen and oxygen atoms in total. The summed E-state index contributed by atoms with van der Waals surface area (Å²) in [5, 5.41) is 4.87. The van der Waals surface area contributed by atoms with E-state index in [1.165, 1.54) is 11.3 Å². The lowest BCUT2D eigenvalue weighted by atomic mass is 9.96. The van der Waals surface area contributed by atoms with Gasteiger partial charge in [-0.2, -0.15) is 0 Å². The third-order valence-electron chi connectivity index (χ3n) is 4.10. The number of carbonyl (C=O) groups excluding carboxylic acids is 2. The third kappa shape index (κ3) is 3.79. The van der Waals surface area contributed by atoms with Crippen LogP contribution in [0.25, 0.3) is 0 Å². The molecule has 1 N–H and O–H groups in total. The third-order valence-corrected chi connectivity index (χ3v) is 4.95. The lowest BCUT2D eigenvalue weighted by molar-refractivity contribution is -0.121. The molecule has 1 aliphatic heterocycles. The summed E-state index contributed by atoms with van der Waals surface area (Å²) in [6, 6.07) is 11.5. The Balaban J connectivity index is 1.64. The van der Waals surface area contributed by atoms with Crippen LogP contribution < -0.4 is 5.32 Å². The Morgan fingerprint density at radius 2 is 2.13 bits per heavy atom. The number of likely N-dealkylation sites (tertiary alicyclic amines) is 1. The van der Waals surface area contributed by atoms with Gasteiger partial charge in [0.15, 0.2) is 0 Å². The van der Waals surface area contributed by atoms with E-state index in [0.717, 1.165) is 35.5 Å². The molecule has 2 amide bonds. The van der Waals surface area contributed by atoms with Crippen molar-refractivity contribution in [3.05, 3.63) is 52.2 Å². The van der Waals surface area contributed by atoms with Gasteiger partial charge >= 0.3 is 0 Å². The predicted molar refractivity (Wildman–Crippen MR) is 92.8 cm³/mol. The number of benzene rings is 1. The first-order valence-electron chi connectivity index (χ1n) is 7.84. The fourth-order valence-corrected chi connectivity index (χ4v) is 3.59. The highest BCUT2D eigenvalue weighted by atomic mass is 32.1. The van der Waals surface area contributed by atoms with E-state index in [2.05, 4.69) is 5.32 Å². The van der Waals surface area contributed by atoms with Crippen LogP contribution in [0.2, 0.25) is 0 Å². The molecular formula is C18H20N2O2S. The number of nitrogens with one attached hydrogen (secondary N) is 1. The number of hydrogen-bond donors (Lipinski definition) is 1. The van der Waals surface area contributed by atoms with E-state index in [0.29, 0.717) is 6.54 Å². The maximum Gasteiger partial charge on any atom is 0.263 e. The average Bonchev–Trinajstić information content (AvgIpc) is 3.09. The summed E-state index contributed by atoms with van der Waals surface area (Å²) in [5.74, 6) is -0.111. The molecule has 1 atom stereocenters. The standard InChI is InChI=1S/C18H20N2O2S/c1-13-5-2-7-15(11-13)19-17(21)14-6-3-9-20(12-14)18(22)16-8-4-10-23-16/h2,4-5,7-8,10-11,14H,3,6,9,12H2,1H3,(H,19,21)/t14-/m1/s1. The van der Waals surface area contributed by atoms with Crippen molar-refractivity contribution in [2.75, 3.05) is 18.4 Å². The minimum absolute atomic E-state index is 0.000667. The maximum atomic E-state index is 12.5. The fraction of sp³-hybridized carbons (Fsp3) is 0.333. The summed E-state index contributed by atoms with van der Waals surface area (Å²) < 4.78 is 0. The monoisotopic (exact) mass is 328 g/mol. The number of carbonyl (C=O) groups is 2. The number of nitrogens with zero attached hydrogens (tertiary/aromatic N) is 1. The van der Waals surface area contributed by atoms with E-state index in [9.17, 15) is 9.59 Å². The van der Waals surface area contributed by atoms with Crippen LogP contribution >= 0.6 is 11.3 Å². The molecule has 1 aliphatic rings. The quantitative estimate of drug-likeness (QED) is 0.937. The highest BCUT2D eigenvalue weighted by Crippen LogP contribution is 2.22. The van der Waals surface area contributed by atoms with Crippen LogP contribution in [0, 0.1) is 12.8 Å². The smallest absolute Gasteiger partial charge is 0.263 e. The lowest BCUT2D eigenvalue weighted by Gasteiger charge is -2.31. The number of aryl methyl sites for hydroxylation is 1. The van der Waals surface area contributed by atoms with Gasteiger partial charge in [0.1, 0.15) is 0 Å². The van der Waals surface area contributed by atoms with Crippen LogP contribution in [0.1, 0.15) is 28.1 Å². The number of piperidine rings is 1. The van der Waals surface area contributed by atoms with Crippen molar-refractivity contribution in [1.29, 1.82) is 0 Å². The second kappa shape index (κ2) is 6.96. The second-order valence-electron chi connectivity index (χ2n) is 5.93. The summed E-state index contributed by atoms with van der Waals surface area (Å²) in [5.41, 5.74) is 1.93. The van der Waals surface area contributed by atoms with Crippen molar-refractivity contribution >= 4 is 28.8 Å². The van der Waals surface area contributed by atoms with Crippen LogP contribution in [0.4, 0.5) is 5.69 Å². The van der Waals surface area contributed by atoms with Crippen molar-refractivity contribution in [3.63, 3.8) is 0 Å². The molecule has 23 heavy (non-hydrogen) atoms. The molecule has 1 aromatic heterocycles. The van der Waals surface area contributed by atoms with Gasteiger partial charge in [-0.3, -0.25) is 9.59 Å². The molecule has 0 bridgehead atoms. The molecule has 2 aromatic rings. The zero-order valence-corrected chi connectivity index (χ0v) is 13.9. The Kier molecular flexibility index (Phi) is 4.76.